The lowest BCUT2D eigenvalue weighted by Gasteiger charge is -2.44. The van der Waals surface area contributed by atoms with Crippen molar-refractivity contribution in [2.24, 2.45) is 0 Å². The SMILES string of the molecule is C(=C\C1CC2(CCO1)CNCc1ccccc12)/c1ccccc1. The molecule has 1 fully saturated rings. The largest absolute Gasteiger partial charge is 0.374 e. The smallest absolute Gasteiger partial charge is 0.0768 e. The van der Waals surface area contributed by atoms with Crippen molar-refractivity contribution in [2.45, 2.75) is 30.9 Å². The highest BCUT2D eigenvalue weighted by molar-refractivity contribution is 5.49. The molecule has 0 aliphatic carbocycles. The van der Waals surface area contributed by atoms with Crippen molar-refractivity contribution in [3.05, 3.63) is 77.4 Å². The van der Waals surface area contributed by atoms with Gasteiger partial charge in [0.2, 0.25) is 0 Å². The lowest BCUT2D eigenvalue weighted by Crippen LogP contribution is -2.48. The Hall–Kier alpha value is -1.90. The van der Waals surface area contributed by atoms with Gasteiger partial charge in [-0.15, -0.1) is 0 Å². The average Bonchev–Trinajstić information content (AvgIpc) is 2.62. The Morgan fingerprint density at radius 1 is 1.04 bits per heavy atom. The molecule has 0 bridgehead atoms. The molecule has 0 saturated carbocycles. The molecule has 1 spiro atoms. The third-order valence-corrected chi connectivity index (χ3v) is 5.17. The highest BCUT2D eigenvalue weighted by Crippen LogP contribution is 2.40. The fourth-order valence-corrected chi connectivity index (χ4v) is 3.99. The van der Waals surface area contributed by atoms with Crippen molar-refractivity contribution in [1.29, 1.82) is 0 Å². The topological polar surface area (TPSA) is 21.3 Å². The van der Waals surface area contributed by atoms with Crippen LogP contribution in [0.3, 0.4) is 0 Å². The second-order valence-electron chi connectivity index (χ2n) is 6.67. The van der Waals surface area contributed by atoms with Crippen LogP contribution in [0.15, 0.2) is 60.7 Å². The molecule has 2 heteroatoms. The van der Waals surface area contributed by atoms with Crippen molar-refractivity contribution in [2.75, 3.05) is 13.2 Å². The van der Waals surface area contributed by atoms with Gasteiger partial charge in [0.25, 0.3) is 0 Å². The number of ether oxygens (including phenoxy) is 1. The monoisotopic (exact) mass is 305 g/mol. The summed E-state index contributed by atoms with van der Waals surface area (Å²) in [6, 6.07) is 19.4. The molecule has 2 atom stereocenters. The Kier molecular flexibility index (Phi) is 4.02. The Morgan fingerprint density at radius 3 is 2.78 bits per heavy atom. The van der Waals surface area contributed by atoms with Gasteiger partial charge in [0.1, 0.15) is 0 Å². The molecule has 1 saturated heterocycles. The van der Waals surface area contributed by atoms with Gasteiger partial charge in [-0.25, -0.2) is 0 Å². The van der Waals surface area contributed by atoms with Crippen LogP contribution in [-0.4, -0.2) is 19.3 Å². The van der Waals surface area contributed by atoms with E-state index < -0.39 is 0 Å². The van der Waals surface area contributed by atoms with Crippen LogP contribution in [0.4, 0.5) is 0 Å². The number of nitrogens with one attached hydrogen (secondary N) is 1. The molecule has 2 unspecified atom stereocenters. The fraction of sp³-hybridized carbons (Fsp3) is 0.333. The van der Waals surface area contributed by atoms with Crippen LogP contribution in [0.2, 0.25) is 0 Å². The van der Waals surface area contributed by atoms with Crippen LogP contribution in [0.25, 0.3) is 6.08 Å². The third kappa shape index (κ3) is 2.97. The first kappa shape index (κ1) is 14.7. The van der Waals surface area contributed by atoms with Crippen molar-refractivity contribution >= 4 is 6.08 Å². The molecule has 2 aromatic rings. The summed E-state index contributed by atoms with van der Waals surface area (Å²) in [5.41, 5.74) is 4.43. The van der Waals surface area contributed by atoms with Crippen molar-refractivity contribution in [1.82, 2.24) is 5.32 Å². The molecular formula is C21H23NO. The summed E-state index contributed by atoms with van der Waals surface area (Å²) in [4.78, 5) is 0. The molecule has 0 amide bonds. The number of rotatable bonds is 2. The van der Waals surface area contributed by atoms with Gasteiger partial charge in [-0.3, -0.25) is 0 Å². The summed E-state index contributed by atoms with van der Waals surface area (Å²) in [5.74, 6) is 0. The summed E-state index contributed by atoms with van der Waals surface area (Å²) in [5, 5.41) is 3.62. The Morgan fingerprint density at radius 2 is 1.87 bits per heavy atom. The van der Waals surface area contributed by atoms with E-state index in [0.717, 1.165) is 32.5 Å². The maximum Gasteiger partial charge on any atom is 0.0768 e. The van der Waals surface area contributed by atoms with Crippen molar-refractivity contribution in [3.8, 4) is 0 Å². The van der Waals surface area contributed by atoms with Gasteiger partial charge in [0.15, 0.2) is 0 Å². The Bertz CT molecular complexity index is 694. The van der Waals surface area contributed by atoms with E-state index >= 15 is 0 Å². The molecule has 1 N–H and O–H groups in total. The molecule has 118 valence electrons. The zero-order chi connectivity index (χ0) is 15.5. The lowest BCUT2D eigenvalue weighted by molar-refractivity contribution is 0.00390. The molecule has 2 aliphatic heterocycles. The minimum Gasteiger partial charge on any atom is -0.374 e. The first-order valence-corrected chi connectivity index (χ1v) is 8.50. The van der Waals surface area contributed by atoms with E-state index in [0.29, 0.717) is 0 Å². The zero-order valence-corrected chi connectivity index (χ0v) is 13.4. The molecule has 23 heavy (non-hydrogen) atoms. The summed E-state index contributed by atoms with van der Waals surface area (Å²) in [6.45, 7) is 2.88. The molecule has 2 nitrogen and oxygen atoms in total. The van der Waals surface area contributed by atoms with Gasteiger partial charge in [-0.05, 0) is 29.5 Å². The van der Waals surface area contributed by atoms with Gasteiger partial charge in [-0.2, -0.15) is 0 Å². The number of fused-ring (bicyclic) bond motifs is 2. The molecule has 0 radical (unpaired) electrons. The minimum atomic E-state index is 0.192. The van der Waals surface area contributed by atoms with E-state index in [4.69, 9.17) is 4.74 Å². The van der Waals surface area contributed by atoms with Gasteiger partial charge in [0.05, 0.1) is 6.10 Å². The highest BCUT2D eigenvalue weighted by atomic mass is 16.5. The van der Waals surface area contributed by atoms with E-state index in [9.17, 15) is 0 Å². The normalized spacial score (nSPS) is 27.2. The van der Waals surface area contributed by atoms with E-state index in [1.165, 1.54) is 16.7 Å². The second kappa shape index (κ2) is 6.31. The summed E-state index contributed by atoms with van der Waals surface area (Å²) < 4.78 is 6.03. The molecule has 0 aromatic heterocycles. The van der Waals surface area contributed by atoms with Crippen molar-refractivity contribution in [3.63, 3.8) is 0 Å². The van der Waals surface area contributed by atoms with Crippen LogP contribution < -0.4 is 5.32 Å². The standard InChI is InChI=1S/C21H23NO/c1-2-6-17(7-3-1)10-11-19-14-21(12-13-23-19)16-22-15-18-8-4-5-9-20(18)21/h1-11,19,22H,12-16H2/b11-10+. The molecule has 2 heterocycles. The van der Waals surface area contributed by atoms with Crippen LogP contribution >= 0.6 is 0 Å². The van der Waals surface area contributed by atoms with E-state index in [-0.39, 0.29) is 11.5 Å². The van der Waals surface area contributed by atoms with Crippen LogP contribution in [0.1, 0.15) is 29.5 Å². The lowest BCUT2D eigenvalue weighted by atomic mass is 9.69. The zero-order valence-electron chi connectivity index (χ0n) is 13.4. The average molecular weight is 305 g/mol. The summed E-state index contributed by atoms with van der Waals surface area (Å²) in [7, 11) is 0. The highest BCUT2D eigenvalue weighted by Gasteiger charge is 2.40. The third-order valence-electron chi connectivity index (χ3n) is 5.17. The predicted molar refractivity (Wildman–Crippen MR) is 94.3 cm³/mol. The van der Waals surface area contributed by atoms with E-state index in [1.54, 1.807) is 0 Å². The molecule has 2 aromatic carbocycles. The van der Waals surface area contributed by atoms with Crippen LogP contribution in [-0.2, 0) is 16.7 Å². The second-order valence-corrected chi connectivity index (χ2v) is 6.67. The van der Waals surface area contributed by atoms with Crippen LogP contribution in [0.5, 0.6) is 0 Å². The van der Waals surface area contributed by atoms with Gasteiger partial charge < -0.3 is 10.1 Å². The van der Waals surface area contributed by atoms with Gasteiger partial charge in [-0.1, -0.05) is 66.7 Å². The summed E-state index contributed by atoms with van der Waals surface area (Å²) >= 11 is 0. The van der Waals surface area contributed by atoms with Gasteiger partial charge in [0, 0.05) is 25.1 Å². The quantitative estimate of drug-likeness (QED) is 0.908. The number of hydrogen-bond donors (Lipinski definition) is 1. The Balaban J connectivity index is 1.57. The maximum atomic E-state index is 6.03. The van der Waals surface area contributed by atoms with E-state index in [2.05, 4.69) is 66.0 Å². The maximum absolute atomic E-state index is 6.03. The first-order valence-electron chi connectivity index (χ1n) is 8.50. The molecule has 4 rings (SSSR count). The molecular weight excluding hydrogens is 282 g/mol. The number of benzene rings is 2. The fourth-order valence-electron chi connectivity index (χ4n) is 3.99. The Labute approximate surface area is 138 Å². The summed E-state index contributed by atoms with van der Waals surface area (Å²) in [6.07, 6.45) is 6.77. The van der Waals surface area contributed by atoms with E-state index in [1.807, 2.05) is 6.07 Å². The van der Waals surface area contributed by atoms with Crippen molar-refractivity contribution < 1.29 is 4.74 Å². The van der Waals surface area contributed by atoms with Crippen LogP contribution in [0, 0.1) is 0 Å². The molecule has 2 aliphatic rings. The number of hydrogen-bond acceptors (Lipinski definition) is 2. The van der Waals surface area contributed by atoms with Gasteiger partial charge >= 0.3 is 0 Å². The predicted octanol–water partition coefficient (Wildman–Crippen LogP) is 3.92. The minimum absolute atomic E-state index is 0.192. The first-order chi connectivity index (χ1) is 11.4.